The van der Waals surface area contributed by atoms with Crippen molar-refractivity contribution in [3.63, 3.8) is 0 Å². The van der Waals surface area contributed by atoms with Crippen molar-refractivity contribution in [2.75, 3.05) is 26.1 Å². The number of fused-ring (bicyclic) bond motifs is 1. The van der Waals surface area contributed by atoms with Crippen molar-refractivity contribution in [1.82, 2.24) is 19.5 Å². The lowest BCUT2D eigenvalue weighted by molar-refractivity contribution is -0.0777. The van der Waals surface area contributed by atoms with Gasteiger partial charge < -0.3 is 25.1 Å². The molecule has 0 aromatic carbocycles. The minimum Gasteiger partial charge on any atom is -0.388 e. The second kappa shape index (κ2) is 7.55. The van der Waals surface area contributed by atoms with E-state index in [0.29, 0.717) is 19.6 Å². The van der Waals surface area contributed by atoms with Crippen LogP contribution in [0.2, 0.25) is 0 Å². The molecule has 1 aliphatic heterocycles. The predicted molar refractivity (Wildman–Crippen MR) is 98.2 cm³/mol. The first-order valence-corrected chi connectivity index (χ1v) is 8.87. The van der Waals surface area contributed by atoms with Gasteiger partial charge in [-0.15, -0.1) is 0 Å². The summed E-state index contributed by atoms with van der Waals surface area (Å²) in [4.78, 5) is 22.8. The number of aliphatic hydroxyl groups is 1. The molecular formula is C17H27N5O5. The predicted octanol–water partition coefficient (Wildman–Crippen LogP) is 0.428. The number of hydrogen-bond donors (Lipinski definition) is 3. The Morgan fingerprint density at radius 1 is 1.41 bits per heavy atom. The van der Waals surface area contributed by atoms with Crippen molar-refractivity contribution in [2.45, 2.75) is 51.7 Å². The highest BCUT2D eigenvalue weighted by Crippen LogP contribution is 2.38. The number of aromatic amines is 1. The number of nitrogens with zero attached hydrogens (tertiary/aromatic N) is 3. The molecule has 4 N–H and O–H groups in total. The normalized spacial score (nSPS) is 26.1. The number of rotatable bonds is 6. The summed E-state index contributed by atoms with van der Waals surface area (Å²) >= 11 is 0. The Hall–Kier alpha value is -2.01. The van der Waals surface area contributed by atoms with Crippen LogP contribution in [0.1, 0.15) is 33.4 Å². The molecule has 0 saturated carbocycles. The van der Waals surface area contributed by atoms with E-state index in [9.17, 15) is 9.90 Å². The van der Waals surface area contributed by atoms with E-state index in [1.807, 2.05) is 0 Å². The van der Waals surface area contributed by atoms with E-state index in [1.165, 1.54) is 6.33 Å². The lowest BCUT2D eigenvalue weighted by Crippen LogP contribution is -2.36. The molecule has 150 valence electrons. The first kappa shape index (κ1) is 19.7. The van der Waals surface area contributed by atoms with E-state index < -0.39 is 30.1 Å². The number of anilines is 1. The number of nitrogen functional groups attached to an aromatic ring is 1. The van der Waals surface area contributed by atoms with Crippen LogP contribution >= 0.6 is 0 Å². The van der Waals surface area contributed by atoms with Gasteiger partial charge in [0.05, 0.1) is 25.6 Å². The molecule has 0 aliphatic carbocycles. The highest BCUT2D eigenvalue weighted by molar-refractivity contribution is 5.70. The van der Waals surface area contributed by atoms with Gasteiger partial charge in [-0.3, -0.25) is 14.3 Å². The smallest absolute Gasteiger partial charge is 0.280 e. The minimum absolute atomic E-state index is 0.0177. The Morgan fingerprint density at radius 2 is 2.15 bits per heavy atom. The Bertz CT molecular complexity index is 842. The third-order valence-corrected chi connectivity index (χ3v) is 4.45. The summed E-state index contributed by atoms with van der Waals surface area (Å²) < 4.78 is 18.6. The Labute approximate surface area is 156 Å². The molecule has 27 heavy (non-hydrogen) atoms. The number of nitrogens with two attached hydrogens (primary N) is 1. The maximum Gasteiger partial charge on any atom is 0.280 e. The highest BCUT2D eigenvalue weighted by atomic mass is 16.6. The van der Waals surface area contributed by atoms with Gasteiger partial charge in [-0.25, -0.2) is 4.98 Å². The quantitative estimate of drug-likeness (QED) is 0.613. The summed E-state index contributed by atoms with van der Waals surface area (Å²) in [6.07, 6.45) is -0.537. The molecule has 0 bridgehead atoms. The summed E-state index contributed by atoms with van der Waals surface area (Å²) in [5.74, 6) is -0.0177. The minimum atomic E-state index is -0.845. The number of aliphatic hydroxyl groups excluding tert-OH is 1. The SMILES string of the molecule is COCCOC1[C@@H](O)[C@@H](CC(C)(C)C)O[C@H]1n1cnc2c(=O)[nH]c(N)nc21. The lowest BCUT2D eigenvalue weighted by Gasteiger charge is -2.24. The molecule has 2 aromatic heterocycles. The molecule has 4 atom stereocenters. The standard InChI is InChI=1S/C17H27N5O5/c1-17(2,3)7-9-11(23)12(26-6-5-25-4)15(27-9)22-8-19-10-13(22)20-16(18)21-14(10)24/h8-9,11-12,15,23H,5-7H2,1-4H3,(H3,18,20,21,24)/t9-,11+,12?,15-/m1/s1. The number of H-pyrrole nitrogens is 1. The maximum atomic E-state index is 12.0. The van der Waals surface area contributed by atoms with E-state index in [0.717, 1.165) is 0 Å². The van der Waals surface area contributed by atoms with Crippen molar-refractivity contribution < 1.29 is 19.3 Å². The summed E-state index contributed by atoms with van der Waals surface area (Å²) in [5.41, 5.74) is 5.63. The number of methoxy groups -OCH3 is 1. The van der Waals surface area contributed by atoms with Crippen molar-refractivity contribution in [1.29, 1.82) is 0 Å². The van der Waals surface area contributed by atoms with Crippen molar-refractivity contribution in [2.24, 2.45) is 5.41 Å². The molecule has 1 fully saturated rings. The lowest BCUT2D eigenvalue weighted by atomic mass is 9.87. The van der Waals surface area contributed by atoms with Gasteiger partial charge in [0.25, 0.3) is 5.56 Å². The summed E-state index contributed by atoms with van der Waals surface area (Å²) in [5, 5.41) is 10.8. The van der Waals surface area contributed by atoms with Crippen molar-refractivity contribution >= 4 is 17.1 Å². The maximum absolute atomic E-state index is 12.0. The molecule has 3 heterocycles. The zero-order valence-electron chi connectivity index (χ0n) is 16.0. The largest absolute Gasteiger partial charge is 0.388 e. The van der Waals surface area contributed by atoms with Crippen molar-refractivity contribution in [3.8, 4) is 0 Å². The van der Waals surface area contributed by atoms with Gasteiger partial charge in [0.2, 0.25) is 5.95 Å². The average Bonchev–Trinajstić information content (AvgIpc) is 3.09. The molecule has 1 aliphatic rings. The van der Waals surface area contributed by atoms with Crippen LogP contribution in [0.15, 0.2) is 11.1 Å². The molecular weight excluding hydrogens is 354 g/mol. The van der Waals surface area contributed by atoms with Crippen LogP contribution in [-0.4, -0.2) is 63.3 Å². The Balaban J connectivity index is 1.96. The third kappa shape index (κ3) is 4.13. The van der Waals surface area contributed by atoms with E-state index >= 15 is 0 Å². The van der Waals surface area contributed by atoms with Crippen LogP contribution in [0.5, 0.6) is 0 Å². The monoisotopic (exact) mass is 381 g/mol. The number of nitrogens with one attached hydrogen (secondary N) is 1. The van der Waals surface area contributed by atoms with Gasteiger partial charge in [-0.1, -0.05) is 20.8 Å². The number of aromatic nitrogens is 4. The summed E-state index contributed by atoms with van der Waals surface area (Å²) in [6, 6.07) is 0. The van der Waals surface area contributed by atoms with Gasteiger partial charge in [0.15, 0.2) is 17.4 Å². The van der Waals surface area contributed by atoms with Gasteiger partial charge in [-0.2, -0.15) is 4.98 Å². The van der Waals surface area contributed by atoms with Crippen LogP contribution < -0.4 is 11.3 Å². The Morgan fingerprint density at radius 3 is 2.81 bits per heavy atom. The number of ether oxygens (including phenoxy) is 3. The van der Waals surface area contributed by atoms with E-state index in [4.69, 9.17) is 19.9 Å². The third-order valence-electron chi connectivity index (χ3n) is 4.45. The average molecular weight is 381 g/mol. The molecule has 1 unspecified atom stereocenters. The number of imidazole rings is 1. The van der Waals surface area contributed by atoms with Crippen LogP contribution in [0.4, 0.5) is 5.95 Å². The fourth-order valence-corrected chi connectivity index (χ4v) is 3.29. The molecule has 1 saturated heterocycles. The second-order valence-corrected chi connectivity index (χ2v) is 7.92. The molecule has 10 heteroatoms. The van der Waals surface area contributed by atoms with Crippen LogP contribution in [0.3, 0.4) is 0 Å². The topological polar surface area (TPSA) is 138 Å². The first-order chi connectivity index (χ1) is 12.7. The Kier molecular flexibility index (Phi) is 5.52. The van der Waals surface area contributed by atoms with Crippen LogP contribution in [-0.2, 0) is 14.2 Å². The van der Waals surface area contributed by atoms with Gasteiger partial charge in [0.1, 0.15) is 12.2 Å². The molecule has 2 aromatic rings. The van der Waals surface area contributed by atoms with Gasteiger partial charge in [-0.05, 0) is 11.8 Å². The number of hydrogen-bond acceptors (Lipinski definition) is 8. The van der Waals surface area contributed by atoms with Crippen molar-refractivity contribution in [3.05, 3.63) is 16.7 Å². The summed E-state index contributed by atoms with van der Waals surface area (Å²) in [7, 11) is 1.58. The zero-order valence-corrected chi connectivity index (χ0v) is 16.0. The highest BCUT2D eigenvalue weighted by Gasteiger charge is 2.47. The van der Waals surface area contributed by atoms with Crippen LogP contribution in [0, 0.1) is 5.41 Å². The van der Waals surface area contributed by atoms with Gasteiger partial charge >= 0.3 is 0 Å². The van der Waals surface area contributed by atoms with E-state index in [-0.39, 0.29) is 22.5 Å². The first-order valence-electron chi connectivity index (χ1n) is 8.87. The van der Waals surface area contributed by atoms with E-state index in [2.05, 4.69) is 35.7 Å². The molecule has 0 spiro atoms. The fourth-order valence-electron chi connectivity index (χ4n) is 3.29. The molecule has 0 amide bonds. The molecule has 10 nitrogen and oxygen atoms in total. The van der Waals surface area contributed by atoms with E-state index in [1.54, 1.807) is 11.7 Å². The fraction of sp³-hybridized carbons (Fsp3) is 0.706. The van der Waals surface area contributed by atoms with Crippen LogP contribution in [0.25, 0.3) is 11.2 Å². The zero-order chi connectivity index (χ0) is 19.8. The molecule has 3 rings (SSSR count). The molecule has 0 radical (unpaired) electrons. The second-order valence-electron chi connectivity index (χ2n) is 7.92. The van der Waals surface area contributed by atoms with Gasteiger partial charge in [0, 0.05) is 7.11 Å². The summed E-state index contributed by atoms with van der Waals surface area (Å²) in [6.45, 7) is 6.90.